The molecule has 0 aliphatic carbocycles. The molecule has 1 amide bonds. The molecule has 0 radical (unpaired) electrons. The maximum atomic E-state index is 12.1. The zero-order valence-corrected chi connectivity index (χ0v) is 13.1. The molecule has 0 spiro atoms. The number of carbonyl (C=O) groups is 1. The first-order valence-corrected chi connectivity index (χ1v) is 6.88. The summed E-state index contributed by atoms with van der Waals surface area (Å²) >= 11 is 0. The molecule has 0 saturated heterocycles. The van der Waals surface area contributed by atoms with E-state index in [-0.39, 0.29) is 12.1 Å². The molecule has 2 rings (SSSR count). The molecule has 1 aromatic heterocycles. The summed E-state index contributed by atoms with van der Waals surface area (Å²) in [5, 5.41) is 15.8. The summed E-state index contributed by atoms with van der Waals surface area (Å²) in [6.45, 7) is 3.07. The Morgan fingerprint density at radius 3 is 2.83 bits per heavy atom. The minimum absolute atomic E-state index is 0.00619. The first-order valence-electron chi connectivity index (χ1n) is 6.88. The van der Waals surface area contributed by atoms with Crippen LogP contribution in [0.4, 0.5) is 5.69 Å². The van der Waals surface area contributed by atoms with Gasteiger partial charge in [0.05, 0.1) is 12.8 Å². The van der Waals surface area contributed by atoms with E-state index in [0.717, 1.165) is 4.68 Å². The minimum atomic E-state index is -0.573. The zero-order chi connectivity index (χ0) is 17.0. The van der Waals surface area contributed by atoms with Gasteiger partial charge in [-0.15, -0.1) is 0 Å². The zero-order valence-electron chi connectivity index (χ0n) is 13.1. The van der Waals surface area contributed by atoms with Gasteiger partial charge in [-0.3, -0.25) is 9.59 Å². The van der Waals surface area contributed by atoms with Gasteiger partial charge in [-0.2, -0.15) is 10.4 Å². The van der Waals surface area contributed by atoms with E-state index in [1.165, 1.54) is 7.11 Å². The summed E-state index contributed by atoms with van der Waals surface area (Å²) in [6, 6.07) is 8.72. The highest BCUT2D eigenvalue weighted by molar-refractivity contribution is 5.90. The first kappa shape index (κ1) is 16.2. The van der Waals surface area contributed by atoms with E-state index in [4.69, 9.17) is 10.00 Å². The number of hydrogen-bond acceptors (Lipinski definition) is 5. The molecule has 0 aliphatic rings. The maximum Gasteiger partial charge on any atom is 0.285 e. The van der Waals surface area contributed by atoms with Crippen molar-refractivity contribution in [3.63, 3.8) is 0 Å². The average molecular weight is 312 g/mol. The smallest absolute Gasteiger partial charge is 0.285 e. The number of aromatic nitrogens is 2. The number of carbonyl (C=O) groups excluding carboxylic acids is 1. The van der Waals surface area contributed by atoms with Crippen molar-refractivity contribution in [2.24, 2.45) is 0 Å². The lowest BCUT2D eigenvalue weighted by Gasteiger charge is -2.10. The summed E-state index contributed by atoms with van der Waals surface area (Å²) < 4.78 is 6.07. The van der Waals surface area contributed by atoms with Crippen molar-refractivity contribution in [1.82, 2.24) is 9.78 Å². The van der Waals surface area contributed by atoms with Gasteiger partial charge in [0.25, 0.3) is 5.56 Å². The van der Waals surface area contributed by atoms with Gasteiger partial charge >= 0.3 is 0 Å². The molecule has 1 N–H and O–H groups in total. The van der Waals surface area contributed by atoms with Gasteiger partial charge in [-0.1, -0.05) is 6.07 Å². The summed E-state index contributed by atoms with van der Waals surface area (Å²) in [4.78, 5) is 24.2. The van der Waals surface area contributed by atoms with Crippen molar-refractivity contribution in [3.8, 4) is 11.8 Å². The van der Waals surface area contributed by atoms with Crippen LogP contribution in [0.2, 0.25) is 0 Å². The van der Waals surface area contributed by atoms with Crippen molar-refractivity contribution in [1.29, 1.82) is 5.26 Å². The third-order valence-corrected chi connectivity index (χ3v) is 3.40. The highest BCUT2D eigenvalue weighted by Gasteiger charge is 2.14. The molecule has 7 nitrogen and oxygen atoms in total. The number of rotatable bonds is 4. The van der Waals surface area contributed by atoms with Gasteiger partial charge in [0, 0.05) is 11.8 Å². The second-order valence-corrected chi connectivity index (χ2v) is 4.94. The summed E-state index contributed by atoms with van der Waals surface area (Å²) in [7, 11) is 1.53. The van der Waals surface area contributed by atoms with E-state index < -0.39 is 11.5 Å². The first-order chi connectivity index (χ1) is 11.0. The van der Waals surface area contributed by atoms with Crippen LogP contribution in [-0.2, 0) is 11.3 Å². The normalized spacial score (nSPS) is 10.0. The fourth-order valence-corrected chi connectivity index (χ4v) is 2.05. The van der Waals surface area contributed by atoms with Crippen LogP contribution in [0.3, 0.4) is 0 Å². The SMILES string of the molecule is COc1cccc(NC(=O)Cn2nc(C)c(C)c(C#N)c2=O)c1. The molecular formula is C16H16N4O3. The molecule has 0 aliphatic heterocycles. The molecule has 0 atom stereocenters. The predicted molar refractivity (Wildman–Crippen MR) is 84.3 cm³/mol. The van der Waals surface area contributed by atoms with Crippen LogP contribution in [0.25, 0.3) is 0 Å². The van der Waals surface area contributed by atoms with Crippen LogP contribution < -0.4 is 15.6 Å². The van der Waals surface area contributed by atoms with Crippen LogP contribution in [0.15, 0.2) is 29.1 Å². The highest BCUT2D eigenvalue weighted by Crippen LogP contribution is 2.16. The molecule has 1 aromatic carbocycles. The Bertz CT molecular complexity index is 849. The number of benzene rings is 1. The monoisotopic (exact) mass is 312 g/mol. The quantitative estimate of drug-likeness (QED) is 0.920. The lowest BCUT2D eigenvalue weighted by molar-refractivity contribution is -0.117. The number of nitrogens with zero attached hydrogens (tertiary/aromatic N) is 3. The minimum Gasteiger partial charge on any atom is -0.497 e. The second kappa shape index (κ2) is 6.75. The fourth-order valence-electron chi connectivity index (χ4n) is 2.05. The fraction of sp³-hybridized carbons (Fsp3) is 0.250. The molecular weight excluding hydrogens is 296 g/mol. The number of nitrogens with one attached hydrogen (secondary N) is 1. The van der Waals surface area contributed by atoms with Crippen LogP contribution >= 0.6 is 0 Å². The van der Waals surface area contributed by atoms with Gasteiger partial charge in [0.1, 0.15) is 23.9 Å². The van der Waals surface area contributed by atoms with Gasteiger partial charge < -0.3 is 10.1 Å². The lowest BCUT2D eigenvalue weighted by atomic mass is 10.1. The molecule has 1 heterocycles. The Hall–Kier alpha value is -3.14. The Morgan fingerprint density at radius 2 is 2.17 bits per heavy atom. The van der Waals surface area contributed by atoms with E-state index in [1.54, 1.807) is 38.1 Å². The Labute approximate surface area is 133 Å². The number of hydrogen-bond donors (Lipinski definition) is 1. The lowest BCUT2D eigenvalue weighted by Crippen LogP contribution is -2.32. The summed E-state index contributed by atoms with van der Waals surface area (Å²) in [5.74, 6) is 0.191. The molecule has 0 unspecified atom stereocenters. The van der Waals surface area contributed by atoms with Crippen molar-refractivity contribution in [2.45, 2.75) is 20.4 Å². The Kier molecular flexibility index (Phi) is 4.76. The van der Waals surface area contributed by atoms with Gasteiger partial charge in [-0.25, -0.2) is 4.68 Å². The van der Waals surface area contributed by atoms with Crippen LogP contribution in [0, 0.1) is 25.2 Å². The number of ether oxygens (including phenoxy) is 1. The summed E-state index contributed by atoms with van der Waals surface area (Å²) in [6.07, 6.45) is 0. The second-order valence-electron chi connectivity index (χ2n) is 4.94. The van der Waals surface area contributed by atoms with E-state index in [1.807, 2.05) is 6.07 Å². The van der Waals surface area contributed by atoms with Crippen LogP contribution in [0.1, 0.15) is 16.8 Å². The van der Waals surface area contributed by atoms with E-state index in [9.17, 15) is 9.59 Å². The Balaban J connectivity index is 2.22. The number of aryl methyl sites for hydroxylation is 1. The summed E-state index contributed by atoms with van der Waals surface area (Å²) in [5.41, 5.74) is 1.05. The predicted octanol–water partition coefficient (Wildman–Crippen LogP) is 1.38. The average Bonchev–Trinajstić information content (AvgIpc) is 2.53. The van der Waals surface area contributed by atoms with Crippen molar-refractivity contribution >= 4 is 11.6 Å². The third-order valence-electron chi connectivity index (χ3n) is 3.40. The molecule has 0 fully saturated rings. The van der Waals surface area contributed by atoms with Crippen molar-refractivity contribution in [2.75, 3.05) is 12.4 Å². The molecule has 0 bridgehead atoms. The topological polar surface area (TPSA) is 97.0 Å². The van der Waals surface area contributed by atoms with Crippen LogP contribution in [0.5, 0.6) is 5.75 Å². The van der Waals surface area contributed by atoms with Gasteiger partial charge in [0.2, 0.25) is 5.91 Å². The van der Waals surface area contributed by atoms with Crippen molar-refractivity contribution in [3.05, 3.63) is 51.4 Å². The largest absolute Gasteiger partial charge is 0.497 e. The van der Waals surface area contributed by atoms with E-state index in [0.29, 0.717) is 22.7 Å². The third kappa shape index (κ3) is 3.55. The highest BCUT2D eigenvalue weighted by atomic mass is 16.5. The van der Waals surface area contributed by atoms with E-state index in [2.05, 4.69) is 10.4 Å². The van der Waals surface area contributed by atoms with Crippen LogP contribution in [-0.4, -0.2) is 22.8 Å². The number of nitriles is 1. The van der Waals surface area contributed by atoms with E-state index >= 15 is 0 Å². The number of methoxy groups -OCH3 is 1. The molecule has 7 heteroatoms. The maximum absolute atomic E-state index is 12.1. The Morgan fingerprint density at radius 1 is 1.43 bits per heavy atom. The molecule has 23 heavy (non-hydrogen) atoms. The molecule has 118 valence electrons. The standard InChI is InChI=1S/C16H16N4O3/c1-10-11(2)19-20(16(22)14(10)8-17)9-15(21)18-12-5-4-6-13(7-12)23-3/h4-7H,9H2,1-3H3,(H,18,21). The van der Waals surface area contributed by atoms with Crippen molar-refractivity contribution < 1.29 is 9.53 Å². The van der Waals surface area contributed by atoms with Gasteiger partial charge in [-0.05, 0) is 31.5 Å². The molecule has 2 aromatic rings. The van der Waals surface area contributed by atoms with Gasteiger partial charge in [0.15, 0.2) is 0 Å². The molecule has 0 saturated carbocycles. The number of amides is 1. The number of anilines is 1.